The van der Waals surface area contributed by atoms with Crippen LogP contribution in [0, 0.1) is 81.8 Å². The molecule has 0 unspecified atom stereocenters. The first kappa shape index (κ1) is 133. The topological polar surface area (TPSA) is 130 Å². The SMILES string of the molecule is CC(C)C(C)(C)C(C)C.CC(C)CC(=O)C(C)C.CC(C)CC(C)(C)C(C)C.CC(C)CC(C)C.CC(C)CS(=O)(=O)C(C)C.CC(C)OC(C)(C)C(C)C.CC(C)OC(C)(C)C(C)C.CC(C)OC(C)C.CC(C)S(=O)(=O)C(C)C.CC(C)S(=O)C(C)C.CC(C)SC(C)(C)C(C)C.CC(C)SC(C)C. The van der Waals surface area contributed by atoms with Crippen molar-refractivity contribution in [3.63, 3.8) is 0 Å². The van der Waals surface area contributed by atoms with E-state index in [4.69, 9.17) is 14.2 Å². The van der Waals surface area contributed by atoms with Crippen molar-refractivity contribution < 1.29 is 40.0 Å². The van der Waals surface area contributed by atoms with E-state index in [0.29, 0.717) is 79.8 Å². The predicted molar refractivity (Wildman–Crippen MR) is 498 cm³/mol. The van der Waals surface area contributed by atoms with Crippen molar-refractivity contribution in [3.05, 3.63) is 0 Å². The van der Waals surface area contributed by atoms with Gasteiger partial charge in [-0.3, -0.25) is 9.00 Å². The maximum absolute atomic E-state index is 11.1. The quantitative estimate of drug-likeness (QED) is 0.0681. The van der Waals surface area contributed by atoms with Crippen molar-refractivity contribution in [3.8, 4) is 0 Å². The zero-order valence-corrected chi connectivity index (χ0v) is 87.5. The van der Waals surface area contributed by atoms with Gasteiger partial charge in [-0.25, -0.2) is 16.8 Å². The Bertz CT molecular complexity index is 1980. The summed E-state index contributed by atoms with van der Waals surface area (Å²) >= 11 is 4.07. The van der Waals surface area contributed by atoms with Crippen LogP contribution in [0.5, 0.6) is 0 Å². The molecule has 0 aromatic rings. The number of hydrogen-bond acceptors (Lipinski definition) is 11. The van der Waals surface area contributed by atoms with Gasteiger partial charge in [0, 0.05) is 38.4 Å². The highest BCUT2D eigenvalue weighted by Crippen LogP contribution is 2.36. The molecule has 14 heteroatoms. The summed E-state index contributed by atoms with van der Waals surface area (Å²) in [5.41, 5.74) is 1.07. The number of ether oxygens (including phenoxy) is 3. The summed E-state index contributed by atoms with van der Waals surface area (Å²) in [6.45, 7) is 123. The highest BCUT2D eigenvalue weighted by molar-refractivity contribution is 8.01. The molecular weight excluding hydrogens is 1410 g/mol. The van der Waals surface area contributed by atoms with E-state index in [9.17, 15) is 25.8 Å². The van der Waals surface area contributed by atoms with Gasteiger partial charge in [-0.05, 0) is 229 Å². The van der Waals surface area contributed by atoms with Gasteiger partial charge in [0.2, 0.25) is 0 Å². The molecule has 0 amide bonds. The van der Waals surface area contributed by atoms with E-state index in [1.54, 1.807) is 41.5 Å². The fraction of sp³-hybridized carbons (Fsp3) is 0.989. The second-order valence-electron chi connectivity index (χ2n) is 39.7. The Kier molecular flexibility index (Phi) is 85.7. The molecule has 658 valence electrons. The molecule has 0 bridgehead atoms. The van der Waals surface area contributed by atoms with Crippen molar-refractivity contribution in [2.45, 2.75) is 503 Å². The first-order chi connectivity index (χ1) is 46.5. The zero-order valence-electron chi connectivity index (χ0n) is 83.4. The van der Waals surface area contributed by atoms with Crippen LogP contribution in [0.2, 0.25) is 0 Å². The third-order valence-corrected chi connectivity index (χ3v) is 27.8. The summed E-state index contributed by atoms with van der Waals surface area (Å²) < 4.78 is 72.4. The molecule has 0 atom stereocenters. The van der Waals surface area contributed by atoms with Crippen LogP contribution in [-0.2, 0) is 49.5 Å². The Morgan fingerprint density at radius 3 is 0.708 bits per heavy atom. The molecule has 0 N–H and O–H groups in total. The molecule has 0 aromatic carbocycles. The monoisotopic (exact) mass is 1620 g/mol. The van der Waals surface area contributed by atoms with Crippen LogP contribution in [0.3, 0.4) is 0 Å². The van der Waals surface area contributed by atoms with Crippen LogP contribution >= 0.6 is 23.5 Å². The summed E-state index contributed by atoms with van der Waals surface area (Å²) in [4.78, 5) is 11.0. The zero-order chi connectivity index (χ0) is 88.9. The smallest absolute Gasteiger partial charge is 0.154 e. The van der Waals surface area contributed by atoms with Gasteiger partial charge < -0.3 is 14.2 Å². The third-order valence-electron chi connectivity index (χ3n) is 18.1. The van der Waals surface area contributed by atoms with Gasteiger partial charge >= 0.3 is 0 Å². The lowest BCUT2D eigenvalue weighted by Gasteiger charge is -2.33. The molecule has 9 nitrogen and oxygen atoms in total. The first-order valence-electron chi connectivity index (χ1n) is 42.2. The fourth-order valence-electron chi connectivity index (χ4n) is 8.60. The number of ketones is 1. The van der Waals surface area contributed by atoms with Crippen molar-refractivity contribution in [2.75, 3.05) is 5.75 Å². The van der Waals surface area contributed by atoms with Gasteiger partial charge in [0.1, 0.15) is 5.78 Å². The van der Waals surface area contributed by atoms with Gasteiger partial charge in [0.15, 0.2) is 19.7 Å². The van der Waals surface area contributed by atoms with Crippen LogP contribution in [0.25, 0.3) is 0 Å². The Morgan fingerprint density at radius 1 is 0.358 bits per heavy atom. The summed E-state index contributed by atoms with van der Waals surface area (Å²) in [6.07, 6.45) is 4.84. The van der Waals surface area contributed by atoms with Crippen LogP contribution in [0.4, 0.5) is 0 Å². The Hall–Kier alpha value is 0.300. The predicted octanol–water partition coefficient (Wildman–Crippen LogP) is 29.8. The highest BCUT2D eigenvalue weighted by atomic mass is 32.2. The molecule has 0 fully saturated rings. The number of carbonyl (C=O) groups is 1. The van der Waals surface area contributed by atoms with E-state index >= 15 is 0 Å². The summed E-state index contributed by atoms with van der Waals surface area (Å²) in [6, 6.07) is 0. The van der Waals surface area contributed by atoms with Crippen LogP contribution < -0.4 is 0 Å². The molecule has 0 saturated heterocycles. The largest absolute Gasteiger partial charge is 0.376 e. The second kappa shape index (κ2) is 68.5. The molecule has 106 heavy (non-hydrogen) atoms. The number of hydrogen-bond donors (Lipinski definition) is 0. The molecule has 0 radical (unpaired) electrons. The van der Waals surface area contributed by atoms with E-state index in [0.717, 1.165) is 63.6 Å². The van der Waals surface area contributed by atoms with Crippen molar-refractivity contribution >= 4 is 59.8 Å². The number of carbonyl (C=O) groups excluding carboxylic acids is 1. The standard InChI is InChI=1S/C10H22.2C9H20O.C9H20S.C9H20.C8H16O.C7H16O2S.C7H16.C6H14O2S.C6H14OS.C6H14O.C6H14S/c1-8(2)7-10(5,6)9(3)4;3*1-7(2)9(5,6)10-8(3)4;1-7(2)9(5,6)8(3)4;1-6(2)5-8(9)7(3)4;1-6(2)5-10(8,9)7(3)4;1-6(2)5-7(3)4;1-5(2)9(7,8)6(3)4;1-5(2)8(7)6(3)4;2*1-5(2)7-6(3)4/h8-9H,7H2,1-6H3;3*7-8H,1-6H3;7-8H,1-6H3;6-7H,5H2,1-4H3;6-7H,5H2,1-4H3;6-7H,5H2,1-4H3;5-6H,1-4H3;5-6H,1-4H3;2*5-6H,1-4H3. The normalized spacial score (nSPS) is 12.5. The molecule has 0 spiro atoms. The second-order valence-corrected chi connectivity index (χ2v) is 52.3. The average molecular weight is 1620 g/mol. The lowest BCUT2D eigenvalue weighted by atomic mass is 9.72. The number of rotatable bonds is 30. The van der Waals surface area contributed by atoms with Crippen molar-refractivity contribution in [1.29, 1.82) is 0 Å². The number of Topliss-reactive ketones (excluding diaryl/α,β-unsaturated/α-hetero) is 1. The summed E-state index contributed by atoms with van der Waals surface area (Å²) in [5.74, 6) is 8.54. The fourth-order valence-corrected chi connectivity index (χ4v) is 14.7. The van der Waals surface area contributed by atoms with Gasteiger partial charge in [0.05, 0.1) is 57.1 Å². The van der Waals surface area contributed by atoms with Gasteiger partial charge in [-0.2, -0.15) is 23.5 Å². The molecule has 0 rings (SSSR count). The summed E-state index contributed by atoms with van der Waals surface area (Å²) in [7, 11) is -6.24. The van der Waals surface area contributed by atoms with Gasteiger partial charge in [-0.15, -0.1) is 0 Å². The van der Waals surface area contributed by atoms with E-state index < -0.39 is 30.5 Å². The average Bonchev–Trinajstić information content (AvgIpc) is 0.903. The maximum Gasteiger partial charge on any atom is 0.154 e. The van der Waals surface area contributed by atoms with Gasteiger partial charge in [-0.1, -0.05) is 277 Å². The van der Waals surface area contributed by atoms with E-state index in [1.807, 2.05) is 94.8 Å². The van der Waals surface area contributed by atoms with E-state index in [1.165, 1.54) is 12.8 Å². The van der Waals surface area contributed by atoms with Crippen LogP contribution in [0.1, 0.15) is 421 Å². The van der Waals surface area contributed by atoms with Crippen LogP contribution in [-0.4, -0.2) is 115 Å². The van der Waals surface area contributed by atoms with Gasteiger partial charge in [0.25, 0.3) is 0 Å². The highest BCUT2D eigenvalue weighted by Gasteiger charge is 2.28. The van der Waals surface area contributed by atoms with Crippen molar-refractivity contribution in [1.82, 2.24) is 0 Å². The molecular formula is C92H206O9S5. The number of thioether (sulfide) groups is 2. The third kappa shape index (κ3) is 96.7. The maximum atomic E-state index is 11.1. The molecule has 0 aliphatic heterocycles. The minimum Gasteiger partial charge on any atom is -0.376 e. The molecule has 0 saturated carbocycles. The molecule has 0 aliphatic carbocycles. The Labute approximate surface area is 685 Å². The first-order valence-corrected chi connectivity index (χ1v) is 48.7. The molecule has 0 heterocycles. The molecule has 0 aliphatic rings. The Morgan fingerprint density at radius 2 is 0.660 bits per heavy atom. The van der Waals surface area contributed by atoms with E-state index in [-0.39, 0.29) is 38.8 Å². The lowest BCUT2D eigenvalue weighted by molar-refractivity contribution is -0.122. The minimum absolute atomic E-state index is 0.0220. The summed E-state index contributed by atoms with van der Waals surface area (Å²) in [5, 5.41) is 2.26. The Balaban J connectivity index is -0.0000000911. The number of sulfone groups is 2. The van der Waals surface area contributed by atoms with E-state index in [2.05, 4.69) is 289 Å². The van der Waals surface area contributed by atoms with Crippen LogP contribution in [0.15, 0.2) is 0 Å². The lowest BCUT2D eigenvalue weighted by Crippen LogP contribution is -2.33. The van der Waals surface area contributed by atoms with Crippen molar-refractivity contribution in [2.24, 2.45) is 81.8 Å². The minimum atomic E-state index is -2.81. The molecule has 0 aromatic heterocycles.